The number of ether oxygens (including phenoxy) is 1. The monoisotopic (exact) mass is 466 g/mol. The van der Waals surface area contributed by atoms with Crippen molar-refractivity contribution in [3.05, 3.63) is 42.7 Å². The normalized spacial score (nSPS) is 33.3. The molecule has 3 aromatic rings. The number of rotatable bonds is 5. The van der Waals surface area contributed by atoms with Crippen LogP contribution in [0.4, 0.5) is 5.82 Å². The van der Waals surface area contributed by atoms with Crippen molar-refractivity contribution in [2.24, 2.45) is 0 Å². The van der Waals surface area contributed by atoms with E-state index >= 15 is 0 Å². The van der Waals surface area contributed by atoms with E-state index in [0.717, 1.165) is 5.56 Å². The Kier molecular flexibility index (Phi) is 5.44. The van der Waals surface area contributed by atoms with E-state index < -0.39 is 31.3 Å². The van der Waals surface area contributed by atoms with Gasteiger partial charge in [-0.1, -0.05) is 0 Å². The Hall–Kier alpha value is -2.09. The number of imidazole rings is 1. The number of aliphatic hydroxyl groups excluding tert-OH is 2. The summed E-state index contributed by atoms with van der Waals surface area (Å²) in [7, 11) is 0. The number of aromatic nitrogens is 5. The van der Waals surface area contributed by atoms with E-state index in [0.29, 0.717) is 11.2 Å². The van der Waals surface area contributed by atoms with Gasteiger partial charge in [-0.05, 0) is 29.5 Å². The maximum atomic E-state index is 10.5. The second-order valence-electron chi connectivity index (χ2n) is 7.04. The van der Waals surface area contributed by atoms with Crippen LogP contribution < -0.4 is 5.73 Å². The van der Waals surface area contributed by atoms with Crippen LogP contribution in [0, 0.1) is 0 Å². The number of pyridine rings is 1. The highest BCUT2D eigenvalue weighted by molar-refractivity contribution is 8.07. The molecule has 0 saturated carbocycles. The van der Waals surface area contributed by atoms with Crippen molar-refractivity contribution in [1.29, 1.82) is 0 Å². The standard InChI is InChI=1S/C17H19N6O6PS/c18-15-12-16(21-7-20-15)23(8-22-12)17-14(25)13(24)11(28-17)6-27-30(31)26-5-10(29-30)9-1-3-19-4-2-9/h1-4,7-8,10-11,13-14,17,24-25H,5-6H2,(H2,18,20,21)/t10?,11-,13-,14-,17-,30?/m1/s1. The molecule has 2 aliphatic heterocycles. The van der Waals surface area contributed by atoms with Crippen LogP contribution in [0.15, 0.2) is 37.2 Å². The Morgan fingerprint density at radius 2 is 2.03 bits per heavy atom. The lowest BCUT2D eigenvalue weighted by atomic mass is 10.1. The average Bonchev–Trinajstić information content (AvgIpc) is 3.46. The number of hydrogen-bond donors (Lipinski definition) is 3. The number of hydrogen-bond acceptors (Lipinski definition) is 12. The van der Waals surface area contributed by atoms with Crippen molar-refractivity contribution >= 4 is 35.5 Å². The third-order valence-electron chi connectivity index (χ3n) is 5.11. The molecule has 0 aliphatic carbocycles. The van der Waals surface area contributed by atoms with Gasteiger partial charge in [-0.2, -0.15) is 0 Å². The molecule has 0 aromatic carbocycles. The number of anilines is 1. The molecular weight excluding hydrogens is 447 g/mol. The number of fused-ring (bicyclic) bond motifs is 1. The number of aliphatic hydroxyl groups is 2. The largest absolute Gasteiger partial charge is 0.387 e. The zero-order valence-electron chi connectivity index (χ0n) is 16.0. The Bertz CT molecular complexity index is 1130. The second-order valence-corrected chi connectivity index (χ2v) is 10.0. The number of nitrogen functional groups attached to an aromatic ring is 1. The van der Waals surface area contributed by atoms with E-state index in [-0.39, 0.29) is 25.1 Å². The zero-order chi connectivity index (χ0) is 21.6. The molecule has 0 radical (unpaired) electrons. The second kappa shape index (κ2) is 8.11. The summed E-state index contributed by atoms with van der Waals surface area (Å²) in [6, 6.07) is 3.63. The Morgan fingerprint density at radius 1 is 1.23 bits per heavy atom. The van der Waals surface area contributed by atoms with Gasteiger partial charge in [0.15, 0.2) is 17.7 Å². The van der Waals surface area contributed by atoms with Gasteiger partial charge in [0.2, 0.25) is 0 Å². The lowest BCUT2D eigenvalue weighted by Gasteiger charge is -2.19. The summed E-state index contributed by atoms with van der Waals surface area (Å²) in [6.45, 7) is -2.91. The lowest BCUT2D eigenvalue weighted by molar-refractivity contribution is -0.0488. The predicted octanol–water partition coefficient (Wildman–Crippen LogP) is 0.452. The zero-order valence-corrected chi connectivity index (χ0v) is 17.7. The first-order valence-electron chi connectivity index (χ1n) is 9.37. The van der Waals surface area contributed by atoms with E-state index in [2.05, 4.69) is 19.9 Å². The number of nitrogens with two attached hydrogens (primary N) is 1. The van der Waals surface area contributed by atoms with E-state index in [1.165, 1.54) is 17.2 Å². The van der Waals surface area contributed by atoms with Crippen molar-refractivity contribution in [2.45, 2.75) is 30.6 Å². The minimum Gasteiger partial charge on any atom is -0.387 e. The van der Waals surface area contributed by atoms with Crippen molar-refractivity contribution < 1.29 is 28.5 Å². The highest BCUT2D eigenvalue weighted by Crippen LogP contribution is 2.59. The van der Waals surface area contributed by atoms with E-state index in [1.54, 1.807) is 12.4 Å². The SMILES string of the molecule is Nc1ncnc2c1ncn2[C@@H]1O[C@H](COP2(=S)OCC(c3ccncc3)O2)[C@@H](O)[C@H]1O. The first-order chi connectivity index (χ1) is 15.0. The van der Waals surface area contributed by atoms with E-state index in [9.17, 15) is 10.2 Å². The molecule has 14 heteroatoms. The van der Waals surface area contributed by atoms with Gasteiger partial charge in [0.1, 0.15) is 36.3 Å². The molecule has 12 nitrogen and oxygen atoms in total. The smallest absolute Gasteiger partial charge is 0.328 e. The molecule has 2 saturated heterocycles. The van der Waals surface area contributed by atoms with Gasteiger partial charge in [-0.3, -0.25) is 14.1 Å². The van der Waals surface area contributed by atoms with Gasteiger partial charge in [0.25, 0.3) is 0 Å². The van der Waals surface area contributed by atoms with Crippen molar-refractivity contribution in [1.82, 2.24) is 24.5 Å². The number of nitrogens with zero attached hydrogens (tertiary/aromatic N) is 5. The maximum Gasteiger partial charge on any atom is 0.328 e. The van der Waals surface area contributed by atoms with Crippen LogP contribution in [0.2, 0.25) is 0 Å². The topological polar surface area (TPSA) is 160 Å². The summed E-state index contributed by atoms with van der Waals surface area (Å²) in [5.74, 6) is 0.203. The van der Waals surface area contributed by atoms with E-state index in [4.69, 9.17) is 35.8 Å². The quantitative estimate of drug-likeness (QED) is 0.446. The molecule has 4 N–H and O–H groups in total. The molecule has 0 bridgehead atoms. The summed E-state index contributed by atoms with van der Waals surface area (Å²) in [4.78, 5) is 16.2. The van der Waals surface area contributed by atoms with Crippen molar-refractivity contribution in [3.8, 4) is 0 Å². The van der Waals surface area contributed by atoms with Crippen LogP contribution in [0.5, 0.6) is 0 Å². The van der Waals surface area contributed by atoms with Gasteiger partial charge in [0, 0.05) is 12.4 Å². The van der Waals surface area contributed by atoms with Crippen LogP contribution in [-0.4, -0.2) is 66.2 Å². The fourth-order valence-corrected chi connectivity index (χ4v) is 5.51. The molecule has 0 amide bonds. The molecule has 3 aromatic heterocycles. The third kappa shape index (κ3) is 3.83. The molecular formula is C17H19N6O6PS. The molecule has 5 heterocycles. The fourth-order valence-electron chi connectivity index (χ4n) is 3.50. The van der Waals surface area contributed by atoms with Crippen LogP contribution in [0.25, 0.3) is 11.2 Å². The first kappa shape index (κ1) is 20.8. The van der Waals surface area contributed by atoms with Crippen LogP contribution in [-0.2, 0) is 30.1 Å². The highest BCUT2D eigenvalue weighted by Gasteiger charge is 2.46. The minimum atomic E-state index is -3.03. The van der Waals surface area contributed by atoms with Crippen molar-refractivity contribution in [2.75, 3.05) is 18.9 Å². The molecule has 6 atom stereocenters. The molecule has 164 valence electrons. The van der Waals surface area contributed by atoms with Gasteiger partial charge in [-0.15, -0.1) is 0 Å². The Balaban J connectivity index is 1.27. The molecule has 2 fully saturated rings. The van der Waals surface area contributed by atoms with Crippen molar-refractivity contribution in [3.63, 3.8) is 0 Å². The van der Waals surface area contributed by atoms with Crippen LogP contribution in [0.1, 0.15) is 17.9 Å². The van der Waals surface area contributed by atoms with Gasteiger partial charge in [-0.25, -0.2) is 15.0 Å². The molecule has 0 spiro atoms. The summed E-state index contributed by atoms with van der Waals surface area (Å²) in [6.07, 6.45) is 1.36. The summed E-state index contributed by atoms with van der Waals surface area (Å²) < 4.78 is 24.5. The third-order valence-corrected chi connectivity index (χ3v) is 7.45. The van der Waals surface area contributed by atoms with Gasteiger partial charge < -0.3 is 29.7 Å². The maximum absolute atomic E-state index is 10.5. The van der Waals surface area contributed by atoms with E-state index in [1.807, 2.05) is 12.1 Å². The molecule has 2 unspecified atom stereocenters. The first-order valence-corrected chi connectivity index (χ1v) is 11.9. The van der Waals surface area contributed by atoms with Crippen LogP contribution in [0.3, 0.4) is 0 Å². The summed E-state index contributed by atoms with van der Waals surface area (Å²) in [5, 5.41) is 21.0. The average molecular weight is 466 g/mol. The Morgan fingerprint density at radius 3 is 2.84 bits per heavy atom. The summed E-state index contributed by atoms with van der Waals surface area (Å²) in [5.41, 5.74) is 7.43. The lowest BCUT2D eigenvalue weighted by Crippen LogP contribution is -2.33. The minimum absolute atomic E-state index is 0.126. The fraction of sp³-hybridized carbons (Fsp3) is 0.412. The highest BCUT2D eigenvalue weighted by atomic mass is 32.5. The van der Waals surface area contributed by atoms with Crippen LogP contribution >= 0.6 is 6.72 Å². The van der Waals surface area contributed by atoms with Gasteiger partial charge >= 0.3 is 6.72 Å². The summed E-state index contributed by atoms with van der Waals surface area (Å²) >= 11 is 5.42. The Labute approximate surface area is 181 Å². The molecule has 31 heavy (non-hydrogen) atoms. The van der Waals surface area contributed by atoms with Gasteiger partial charge in [0.05, 0.1) is 19.5 Å². The predicted molar refractivity (Wildman–Crippen MR) is 110 cm³/mol. The molecule has 5 rings (SSSR count). The molecule has 2 aliphatic rings.